The molecule has 1 rings (SSSR count). The van der Waals surface area contributed by atoms with E-state index in [4.69, 9.17) is 34.8 Å². The number of Topliss-reactive ketones (excluding diaryl/α,β-unsaturated/α-hetero) is 2. The highest BCUT2D eigenvalue weighted by atomic mass is 35.5. The lowest BCUT2D eigenvalue weighted by Crippen LogP contribution is -2.29. The third kappa shape index (κ3) is 1.75. The smallest absolute Gasteiger partial charge is 0.244 e. The Bertz CT molecular complexity index is 309. The molecule has 0 spiro atoms. The predicted molar refractivity (Wildman–Crippen MR) is 55.5 cm³/mol. The average Bonchev–Trinajstić information content (AvgIpc) is 2.21. The Kier molecular flexibility index (Phi) is 3.33. The fraction of sp³-hybridized carbons (Fsp3) is 0.429. The summed E-state index contributed by atoms with van der Waals surface area (Å²) in [5, 5.41) is -0.151. The normalized spacial score (nSPS) is 21.5. The van der Waals surface area contributed by atoms with Gasteiger partial charge in [-0.15, -0.1) is 11.8 Å². The molecule has 1 aliphatic carbocycles. The van der Waals surface area contributed by atoms with Gasteiger partial charge in [-0.25, -0.2) is 0 Å². The number of rotatable bonds is 2. The Balaban J connectivity index is 3.09. The number of ketones is 2. The number of alkyl halides is 2. The highest BCUT2D eigenvalue weighted by molar-refractivity contribution is 8.04. The first-order valence-corrected chi connectivity index (χ1v) is 5.54. The number of carbonyl (C=O) groups is 2. The first-order chi connectivity index (χ1) is 5.92. The molecule has 0 fully saturated rings. The van der Waals surface area contributed by atoms with Crippen molar-refractivity contribution >= 4 is 58.1 Å². The molecule has 0 aromatic carbocycles. The van der Waals surface area contributed by atoms with Crippen molar-refractivity contribution in [3.63, 3.8) is 0 Å². The fourth-order valence-electron chi connectivity index (χ4n) is 0.860. The van der Waals surface area contributed by atoms with Crippen LogP contribution in [0.1, 0.15) is 6.92 Å². The molecule has 0 unspecified atom stereocenters. The van der Waals surface area contributed by atoms with Crippen LogP contribution in [0.25, 0.3) is 0 Å². The SMILES string of the molecule is CCSC1=C(Cl)C(=O)C(Cl)(Cl)C1=O. The van der Waals surface area contributed by atoms with Gasteiger partial charge in [-0.3, -0.25) is 9.59 Å². The Morgan fingerprint density at radius 3 is 2.15 bits per heavy atom. The van der Waals surface area contributed by atoms with Crippen molar-refractivity contribution in [3.05, 3.63) is 9.94 Å². The topological polar surface area (TPSA) is 34.1 Å². The molecule has 6 heteroatoms. The summed E-state index contributed by atoms with van der Waals surface area (Å²) >= 11 is 17.8. The summed E-state index contributed by atoms with van der Waals surface area (Å²) < 4.78 is -2.01. The van der Waals surface area contributed by atoms with Gasteiger partial charge in [0.25, 0.3) is 0 Å². The first kappa shape index (κ1) is 11.4. The van der Waals surface area contributed by atoms with E-state index in [9.17, 15) is 9.59 Å². The van der Waals surface area contributed by atoms with Gasteiger partial charge < -0.3 is 0 Å². The van der Waals surface area contributed by atoms with Crippen LogP contribution in [-0.4, -0.2) is 21.7 Å². The van der Waals surface area contributed by atoms with Crippen molar-refractivity contribution in [1.82, 2.24) is 0 Å². The summed E-state index contributed by atoms with van der Waals surface area (Å²) in [5.74, 6) is -0.704. The molecule has 0 saturated heterocycles. The maximum atomic E-state index is 11.4. The zero-order chi connectivity index (χ0) is 10.2. The second-order valence-corrected chi connectivity index (χ2v) is 5.29. The number of allylic oxidation sites excluding steroid dienone is 2. The molecule has 1 aliphatic rings. The summed E-state index contributed by atoms with van der Waals surface area (Å²) in [7, 11) is 0. The van der Waals surface area contributed by atoms with Gasteiger partial charge in [0.1, 0.15) is 5.03 Å². The molecular formula is C7H5Cl3O2S. The van der Waals surface area contributed by atoms with E-state index in [1.807, 2.05) is 6.92 Å². The van der Waals surface area contributed by atoms with Crippen molar-refractivity contribution in [3.8, 4) is 0 Å². The quantitative estimate of drug-likeness (QED) is 0.564. The third-order valence-corrected chi connectivity index (χ3v) is 3.59. The van der Waals surface area contributed by atoms with E-state index in [1.54, 1.807) is 0 Å². The number of thioether (sulfide) groups is 1. The lowest BCUT2D eigenvalue weighted by molar-refractivity contribution is -0.121. The van der Waals surface area contributed by atoms with Gasteiger partial charge in [0.15, 0.2) is 0 Å². The van der Waals surface area contributed by atoms with E-state index in [0.29, 0.717) is 5.75 Å². The number of carbonyl (C=O) groups excluding carboxylic acids is 2. The highest BCUT2D eigenvalue weighted by Gasteiger charge is 2.52. The van der Waals surface area contributed by atoms with E-state index < -0.39 is 15.9 Å². The molecule has 0 aromatic heterocycles. The van der Waals surface area contributed by atoms with Gasteiger partial charge in [-0.05, 0) is 5.75 Å². The molecule has 0 saturated carbocycles. The second kappa shape index (κ2) is 3.81. The molecule has 0 heterocycles. The molecule has 0 aromatic rings. The lowest BCUT2D eigenvalue weighted by atomic mass is 10.3. The predicted octanol–water partition coefficient (Wildman–Crippen LogP) is 2.52. The number of hydrogen-bond donors (Lipinski definition) is 0. The van der Waals surface area contributed by atoms with Crippen molar-refractivity contribution in [2.75, 3.05) is 5.75 Å². The summed E-state index contributed by atoms with van der Waals surface area (Å²) in [6.07, 6.45) is 0. The molecular weight excluding hydrogens is 255 g/mol. The summed E-state index contributed by atoms with van der Waals surface area (Å²) in [6.45, 7) is 1.84. The minimum atomic E-state index is -2.01. The van der Waals surface area contributed by atoms with Crippen molar-refractivity contribution in [2.45, 2.75) is 11.3 Å². The molecule has 0 atom stereocenters. The fourth-order valence-corrected chi connectivity index (χ4v) is 2.63. The van der Waals surface area contributed by atoms with Crippen LogP contribution in [0.5, 0.6) is 0 Å². The van der Waals surface area contributed by atoms with Crippen LogP contribution >= 0.6 is 46.6 Å². The summed E-state index contributed by atoms with van der Waals surface area (Å²) in [4.78, 5) is 22.8. The zero-order valence-corrected chi connectivity index (χ0v) is 9.65. The Hall–Kier alpha value is 0.300. The van der Waals surface area contributed by atoms with Gasteiger partial charge >= 0.3 is 0 Å². The molecule has 13 heavy (non-hydrogen) atoms. The summed E-state index contributed by atoms with van der Waals surface area (Å²) in [5.41, 5.74) is 0. The van der Waals surface area contributed by atoms with Gasteiger partial charge in [0.05, 0.1) is 4.91 Å². The van der Waals surface area contributed by atoms with Gasteiger partial charge in [0, 0.05) is 0 Å². The van der Waals surface area contributed by atoms with Crippen molar-refractivity contribution in [2.24, 2.45) is 0 Å². The van der Waals surface area contributed by atoms with Crippen LogP contribution in [0.2, 0.25) is 0 Å². The molecule has 2 nitrogen and oxygen atoms in total. The van der Waals surface area contributed by atoms with E-state index in [1.165, 1.54) is 11.8 Å². The summed E-state index contributed by atoms with van der Waals surface area (Å²) in [6, 6.07) is 0. The standard InChI is InChI=1S/C7H5Cl3O2S/c1-2-13-4-3(8)5(11)7(9,10)6(4)12/h2H2,1H3. The number of halogens is 3. The van der Waals surface area contributed by atoms with Gasteiger partial charge in [0.2, 0.25) is 15.9 Å². The van der Waals surface area contributed by atoms with E-state index >= 15 is 0 Å². The Morgan fingerprint density at radius 1 is 1.31 bits per heavy atom. The number of hydrogen-bond acceptors (Lipinski definition) is 3. The minimum absolute atomic E-state index is 0.151. The Morgan fingerprint density at radius 2 is 1.85 bits per heavy atom. The van der Waals surface area contributed by atoms with Crippen LogP contribution < -0.4 is 0 Å². The van der Waals surface area contributed by atoms with Crippen molar-refractivity contribution < 1.29 is 9.59 Å². The molecule has 0 amide bonds. The molecule has 0 bridgehead atoms. The Labute approximate surface area is 94.6 Å². The first-order valence-electron chi connectivity index (χ1n) is 3.43. The van der Waals surface area contributed by atoms with Gasteiger partial charge in [-0.2, -0.15) is 0 Å². The zero-order valence-electron chi connectivity index (χ0n) is 6.57. The maximum absolute atomic E-state index is 11.4. The van der Waals surface area contributed by atoms with Crippen molar-refractivity contribution in [1.29, 1.82) is 0 Å². The molecule has 72 valence electrons. The highest BCUT2D eigenvalue weighted by Crippen LogP contribution is 2.42. The molecule has 0 radical (unpaired) electrons. The van der Waals surface area contributed by atoms with E-state index in [0.717, 1.165) is 0 Å². The van der Waals surface area contributed by atoms with E-state index in [2.05, 4.69) is 0 Å². The third-order valence-electron chi connectivity index (χ3n) is 1.46. The van der Waals surface area contributed by atoms with Crippen LogP contribution in [0, 0.1) is 0 Å². The van der Waals surface area contributed by atoms with Crippen LogP contribution in [0.3, 0.4) is 0 Å². The van der Waals surface area contributed by atoms with Crippen LogP contribution in [0.4, 0.5) is 0 Å². The van der Waals surface area contributed by atoms with Crippen LogP contribution in [0.15, 0.2) is 9.94 Å². The minimum Gasteiger partial charge on any atom is -0.290 e. The molecule has 0 N–H and O–H groups in total. The lowest BCUT2D eigenvalue weighted by Gasteiger charge is -2.06. The van der Waals surface area contributed by atoms with Crippen LogP contribution in [-0.2, 0) is 9.59 Å². The monoisotopic (exact) mass is 258 g/mol. The van der Waals surface area contributed by atoms with E-state index in [-0.39, 0.29) is 9.94 Å². The largest absolute Gasteiger partial charge is 0.290 e. The maximum Gasteiger partial charge on any atom is 0.244 e. The molecule has 0 aliphatic heterocycles. The average molecular weight is 260 g/mol. The van der Waals surface area contributed by atoms with Gasteiger partial charge in [-0.1, -0.05) is 41.7 Å². The second-order valence-electron chi connectivity index (χ2n) is 2.31.